The number of halogens is 1. The van der Waals surface area contributed by atoms with Gasteiger partial charge in [-0.15, -0.1) is 0 Å². The summed E-state index contributed by atoms with van der Waals surface area (Å²) in [6.45, 7) is 2.95. The van der Waals surface area contributed by atoms with Crippen LogP contribution in [0, 0.1) is 0 Å². The van der Waals surface area contributed by atoms with Gasteiger partial charge >= 0.3 is 0 Å². The van der Waals surface area contributed by atoms with E-state index < -0.39 is 0 Å². The maximum atomic E-state index is 12.5. The molecule has 0 spiro atoms. The number of carbonyl (C=O) groups is 1. The highest BCUT2D eigenvalue weighted by atomic mass is 19.1. The minimum Gasteiger partial charge on any atom is -0.489 e. The summed E-state index contributed by atoms with van der Waals surface area (Å²) in [5.74, 6) is 0.845. The van der Waals surface area contributed by atoms with Crippen molar-refractivity contribution in [2.75, 3.05) is 13.2 Å². The Hall–Kier alpha value is -1.84. The molecular weight excluding hydrogens is 269 g/mol. The first-order valence-electron chi connectivity index (χ1n) is 7.57. The molecule has 1 aromatic rings. The summed E-state index contributed by atoms with van der Waals surface area (Å²) >= 11 is 0. The molecule has 1 heterocycles. The maximum absolute atomic E-state index is 12.5. The van der Waals surface area contributed by atoms with Gasteiger partial charge in [-0.1, -0.05) is 6.92 Å². The molecule has 1 fully saturated rings. The third-order valence-electron chi connectivity index (χ3n) is 4.21. The van der Waals surface area contributed by atoms with Crippen molar-refractivity contribution in [1.29, 1.82) is 0 Å². The normalized spacial score (nSPS) is 18.7. The van der Waals surface area contributed by atoms with Gasteiger partial charge in [0.15, 0.2) is 0 Å². The Labute approximate surface area is 124 Å². The van der Waals surface area contributed by atoms with Crippen LogP contribution in [0.3, 0.4) is 0 Å². The van der Waals surface area contributed by atoms with Crippen molar-refractivity contribution in [2.24, 2.45) is 0 Å². The zero-order chi connectivity index (χ0) is 14.8. The zero-order valence-electron chi connectivity index (χ0n) is 12.3. The third-order valence-corrected chi connectivity index (χ3v) is 4.21. The van der Waals surface area contributed by atoms with E-state index in [2.05, 4.69) is 0 Å². The van der Waals surface area contributed by atoms with E-state index in [0.717, 1.165) is 36.9 Å². The smallest absolute Gasteiger partial charge is 0.254 e. The quantitative estimate of drug-likeness (QED) is 0.830. The molecule has 112 valence electrons. The minimum atomic E-state index is 0.142. The number of fused-ring (bicyclic) bond motifs is 1. The average molecular weight is 289 g/mol. The number of hydrogen-bond donors (Lipinski definition) is 0. The Balaban J connectivity index is 1.72. The molecule has 0 N–H and O–H groups in total. The largest absolute Gasteiger partial charge is 0.489 e. The molecule has 1 aromatic carbocycles. The van der Waals surface area contributed by atoms with Gasteiger partial charge in [-0.3, -0.25) is 4.79 Å². The molecule has 0 aromatic heterocycles. The molecule has 3 rings (SSSR count). The summed E-state index contributed by atoms with van der Waals surface area (Å²) < 4.78 is 18.1. The van der Waals surface area contributed by atoms with Gasteiger partial charge in [0.2, 0.25) is 0 Å². The van der Waals surface area contributed by atoms with Crippen molar-refractivity contribution in [3.05, 3.63) is 41.2 Å². The highest BCUT2D eigenvalue weighted by Gasteiger charge is 2.35. The fourth-order valence-electron chi connectivity index (χ4n) is 2.69. The van der Waals surface area contributed by atoms with E-state index in [9.17, 15) is 9.18 Å². The fourth-order valence-corrected chi connectivity index (χ4v) is 2.69. The first-order chi connectivity index (χ1) is 10.2. The van der Waals surface area contributed by atoms with Gasteiger partial charge in [0, 0.05) is 18.2 Å². The fraction of sp³-hybridized carbons (Fsp3) is 0.471. The van der Waals surface area contributed by atoms with Crippen molar-refractivity contribution in [1.82, 2.24) is 4.90 Å². The molecule has 1 saturated carbocycles. The molecular formula is C17H20FNO2. The van der Waals surface area contributed by atoms with Crippen molar-refractivity contribution in [2.45, 2.75) is 38.6 Å². The number of carbonyl (C=O) groups excluding carboxylic acids is 1. The number of rotatable bonds is 5. The summed E-state index contributed by atoms with van der Waals surface area (Å²) in [7, 11) is 0. The predicted octanol–water partition coefficient (Wildman–Crippen LogP) is 3.49. The van der Waals surface area contributed by atoms with Crippen LogP contribution in [0.2, 0.25) is 0 Å². The van der Waals surface area contributed by atoms with E-state index >= 15 is 0 Å². The van der Waals surface area contributed by atoms with Crippen molar-refractivity contribution >= 4 is 5.91 Å². The number of benzene rings is 1. The van der Waals surface area contributed by atoms with Gasteiger partial charge in [-0.25, -0.2) is 4.39 Å². The summed E-state index contributed by atoms with van der Waals surface area (Å²) in [4.78, 5) is 14.4. The number of hydrogen-bond acceptors (Lipinski definition) is 2. The molecule has 0 radical (unpaired) electrons. The number of amides is 1. The zero-order valence-corrected chi connectivity index (χ0v) is 12.3. The van der Waals surface area contributed by atoms with Gasteiger partial charge in [0.1, 0.15) is 12.4 Å². The van der Waals surface area contributed by atoms with Gasteiger partial charge in [-0.05, 0) is 55.0 Å². The molecule has 1 aliphatic heterocycles. The van der Waals surface area contributed by atoms with Gasteiger partial charge in [-0.2, -0.15) is 0 Å². The lowest BCUT2D eigenvalue weighted by atomic mass is 9.98. The monoisotopic (exact) mass is 289 g/mol. The Morgan fingerprint density at radius 1 is 1.48 bits per heavy atom. The second-order valence-electron chi connectivity index (χ2n) is 5.71. The SMILES string of the molecule is CC/C(=C\F)COc1ccc2c(c1)CCN(C1CC1)C2=O. The van der Waals surface area contributed by atoms with Crippen LogP contribution in [-0.4, -0.2) is 30.0 Å². The Kier molecular flexibility index (Phi) is 3.95. The molecule has 3 nitrogen and oxygen atoms in total. The van der Waals surface area contributed by atoms with Gasteiger partial charge in [0.05, 0.1) is 6.33 Å². The lowest BCUT2D eigenvalue weighted by Gasteiger charge is -2.28. The van der Waals surface area contributed by atoms with Crippen LogP contribution in [0.5, 0.6) is 5.75 Å². The molecule has 21 heavy (non-hydrogen) atoms. The molecule has 0 unspecified atom stereocenters. The first kappa shape index (κ1) is 14.1. The summed E-state index contributed by atoms with van der Waals surface area (Å²) in [6.07, 6.45) is 4.38. The second kappa shape index (κ2) is 5.88. The maximum Gasteiger partial charge on any atom is 0.254 e. The predicted molar refractivity (Wildman–Crippen MR) is 79.2 cm³/mol. The van der Waals surface area contributed by atoms with E-state index in [0.29, 0.717) is 30.1 Å². The second-order valence-corrected chi connectivity index (χ2v) is 5.71. The molecule has 2 aliphatic rings. The first-order valence-corrected chi connectivity index (χ1v) is 7.57. The molecule has 1 amide bonds. The van der Waals surface area contributed by atoms with E-state index in [-0.39, 0.29) is 12.5 Å². The third kappa shape index (κ3) is 2.94. The van der Waals surface area contributed by atoms with Crippen LogP contribution in [0.25, 0.3) is 0 Å². The Morgan fingerprint density at radius 3 is 2.95 bits per heavy atom. The van der Waals surface area contributed by atoms with E-state index in [1.54, 1.807) is 6.07 Å². The van der Waals surface area contributed by atoms with Crippen LogP contribution < -0.4 is 4.74 Å². The highest BCUT2D eigenvalue weighted by Crippen LogP contribution is 2.32. The topological polar surface area (TPSA) is 29.5 Å². The van der Waals surface area contributed by atoms with Gasteiger partial charge < -0.3 is 9.64 Å². The van der Waals surface area contributed by atoms with Crippen molar-refractivity contribution in [3.63, 3.8) is 0 Å². The van der Waals surface area contributed by atoms with Crippen LogP contribution >= 0.6 is 0 Å². The lowest BCUT2D eigenvalue weighted by molar-refractivity contribution is 0.0727. The lowest BCUT2D eigenvalue weighted by Crippen LogP contribution is -2.39. The van der Waals surface area contributed by atoms with Crippen molar-refractivity contribution < 1.29 is 13.9 Å². The standard InChI is InChI=1S/C17H20FNO2/c1-2-12(10-18)11-21-15-5-6-16-13(9-15)7-8-19(17(16)20)14-3-4-14/h5-6,9-10,14H,2-4,7-8,11H2,1H3/b12-10+. The van der Waals surface area contributed by atoms with Crippen LogP contribution in [0.4, 0.5) is 4.39 Å². The van der Waals surface area contributed by atoms with E-state index in [1.807, 2.05) is 24.0 Å². The Bertz CT molecular complexity index is 578. The molecule has 0 atom stereocenters. The van der Waals surface area contributed by atoms with Crippen LogP contribution in [0.1, 0.15) is 42.1 Å². The molecule has 0 bridgehead atoms. The summed E-state index contributed by atoms with van der Waals surface area (Å²) in [5.41, 5.74) is 2.46. The van der Waals surface area contributed by atoms with E-state index in [1.165, 1.54) is 0 Å². The molecule has 1 aliphatic carbocycles. The summed E-state index contributed by atoms with van der Waals surface area (Å²) in [6, 6.07) is 6.02. The number of nitrogens with zero attached hydrogens (tertiary/aromatic N) is 1. The van der Waals surface area contributed by atoms with Crippen LogP contribution in [-0.2, 0) is 6.42 Å². The number of ether oxygens (including phenoxy) is 1. The molecule has 0 saturated heterocycles. The summed E-state index contributed by atoms with van der Waals surface area (Å²) in [5, 5.41) is 0. The highest BCUT2D eigenvalue weighted by molar-refractivity contribution is 5.97. The minimum absolute atomic E-state index is 0.142. The van der Waals surface area contributed by atoms with Gasteiger partial charge in [0.25, 0.3) is 5.91 Å². The Morgan fingerprint density at radius 2 is 2.29 bits per heavy atom. The van der Waals surface area contributed by atoms with E-state index in [4.69, 9.17) is 4.74 Å². The molecule has 4 heteroatoms. The van der Waals surface area contributed by atoms with Crippen molar-refractivity contribution in [3.8, 4) is 5.75 Å². The van der Waals surface area contributed by atoms with Crippen LogP contribution in [0.15, 0.2) is 30.1 Å². The average Bonchev–Trinajstić information content (AvgIpc) is 3.33.